The molecule has 16 heavy (non-hydrogen) atoms. The number of carbonyl (C=O) groups is 2. The highest BCUT2D eigenvalue weighted by atomic mass is 16.4. The molecule has 0 spiro atoms. The number of piperidine rings is 1. The SMILES string of the molecule is CC(C)NCC(=O)N1CCCC[C@H]1C(=O)O. The normalized spacial score (nSPS) is 21.2. The van der Waals surface area contributed by atoms with Crippen LogP contribution in [0.5, 0.6) is 0 Å². The van der Waals surface area contributed by atoms with Gasteiger partial charge >= 0.3 is 5.97 Å². The molecule has 1 aliphatic rings. The number of hydrogen-bond donors (Lipinski definition) is 2. The first kappa shape index (κ1) is 13.0. The van der Waals surface area contributed by atoms with Crippen molar-refractivity contribution in [3.05, 3.63) is 0 Å². The minimum Gasteiger partial charge on any atom is -0.480 e. The van der Waals surface area contributed by atoms with E-state index in [2.05, 4.69) is 5.32 Å². The Morgan fingerprint density at radius 3 is 2.69 bits per heavy atom. The Morgan fingerprint density at radius 2 is 2.12 bits per heavy atom. The van der Waals surface area contributed by atoms with Crippen LogP contribution in [-0.2, 0) is 9.59 Å². The van der Waals surface area contributed by atoms with Gasteiger partial charge in [0.1, 0.15) is 6.04 Å². The summed E-state index contributed by atoms with van der Waals surface area (Å²) in [5.74, 6) is -1.00. The first-order valence-electron chi connectivity index (χ1n) is 5.78. The minimum absolute atomic E-state index is 0.110. The third-order valence-electron chi connectivity index (χ3n) is 2.77. The largest absolute Gasteiger partial charge is 0.480 e. The Hall–Kier alpha value is -1.10. The van der Waals surface area contributed by atoms with Crippen LogP contribution in [0.1, 0.15) is 33.1 Å². The predicted molar refractivity (Wildman–Crippen MR) is 60.1 cm³/mol. The second-order valence-electron chi connectivity index (χ2n) is 4.47. The summed E-state index contributed by atoms with van der Waals surface area (Å²) in [5, 5.41) is 12.0. The molecule has 2 N–H and O–H groups in total. The molecule has 1 fully saturated rings. The molecule has 0 unspecified atom stereocenters. The summed E-state index contributed by atoms with van der Waals surface area (Å²) in [4.78, 5) is 24.3. The van der Waals surface area contributed by atoms with Gasteiger partial charge in [-0.3, -0.25) is 4.79 Å². The molecule has 0 saturated carbocycles. The van der Waals surface area contributed by atoms with Crippen molar-refractivity contribution in [2.24, 2.45) is 0 Å². The third-order valence-corrected chi connectivity index (χ3v) is 2.77. The molecule has 0 aromatic rings. The molecule has 1 aliphatic heterocycles. The van der Waals surface area contributed by atoms with Gasteiger partial charge in [-0.1, -0.05) is 13.8 Å². The molecule has 5 heteroatoms. The van der Waals surface area contributed by atoms with Crippen LogP contribution in [0, 0.1) is 0 Å². The van der Waals surface area contributed by atoms with Gasteiger partial charge in [0.05, 0.1) is 6.54 Å². The van der Waals surface area contributed by atoms with Gasteiger partial charge in [-0.15, -0.1) is 0 Å². The number of carboxylic acids is 1. The van der Waals surface area contributed by atoms with Crippen molar-refractivity contribution in [1.82, 2.24) is 10.2 Å². The molecule has 92 valence electrons. The molecule has 1 amide bonds. The summed E-state index contributed by atoms with van der Waals surface area (Å²) >= 11 is 0. The highest BCUT2D eigenvalue weighted by molar-refractivity contribution is 5.85. The van der Waals surface area contributed by atoms with Crippen LogP contribution in [-0.4, -0.2) is 47.1 Å². The fourth-order valence-corrected chi connectivity index (χ4v) is 1.88. The van der Waals surface area contributed by atoms with Crippen LogP contribution in [0.4, 0.5) is 0 Å². The number of rotatable bonds is 4. The fourth-order valence-electron chi connectivity index (χ4n) is 1.88. The smallest absolute Gasteiger partial charge is 0.326 e. The summed E-state index contributed by atoms with van der Waals surface area (Å²) in [6.07, 6.45) is 2.36. The lowest BCUT2D eigenvalue weighted by Crippen LogP contribution is -2.51. The number of carbonyl (C=O) groups excluding carboxylic acids is 1. The zero-order chi connectivity index (χ0) is 12.1. The average molecular weight is 228 g/mol. The maximum atomic E-state index is 11.8. The average Bonchev–Trinajstić information content (AvgIpc) is 2.25. The molecule has 1 atom stereocenters. The van der Waals surface area contributed by atoms with E-state index in [-0.39, 0.29) is 18.5 Å². The lowest BCUT2D eigenvalue weighted by molar-refractivity contribution is -0.151. The van der Waals surface area contributed by atoms with Crippen molar-refractivity contribution in [1.29, 1.82) is 0 Å². The van der Waals surface area contributed by atoms with Crippen molar-refractivity contribution in [2.45, 2.75) is 45.2 Å². The van der Waals surface area contributed by atoms with E-state index in [9.17, 15) is 9.59 Å². The molecule has 0 aliphatic carbocycles. The highest BCUT2D eigenvalue weighted by Gasteiger charge is 2.31. The molecule has 0 aromatic carbocycles. The van der Waals surface area contributed by atoms with E-state index in [4.69, 9.17) is 5.11 Å². The Labute approximate surface area is 95.8 Å². The quantitative estimate of drug-likeness (QED) is 0.733. The van der Waals surface area contributed by atoms with Crippen LogP contribution >= 0.6 is 0 Å². The number of carboxylic acid groups (broad SMARTS) is 1. The lowest BCUT2D eigenvalue weighted by Gasteiger charge is -2.33. The zero-order valence-electron chi connectivity index (χ0n) is 9.90. The standard InChI is InChI=1S/C11H20N2O3/c1-8(2)12-7-10(14)13-6-4-3-5-9(13)11(15)16/h8-9,12H,3-7H2,1-2H3,(H,15,16)/t9-/m0/s1. The molecule has 0 aromatic heterocycles. The second-order valence-corrected chi connectivity index (χ2v) is 4.47. The van der Waals surface area contributed by atoms with Crippen LogP contribution in [0.25, 0.3) is 0 Å². The zero-order valence-corrected chi connectivity index (χ0v) is 9.90. The summed E-state index contributed by atoms with van der Waals surface area (Å²) < 4.78 is 0. The molecule has 1 rings (SSSR count). The van der Waals surface area contributed by atoms with E-state index in [1.54, 1.807) is 0 Å². The van der Waals surface area contributed by atoms with Gasteiger partial charge in [0.2, 0.25) is 5.91 Å². The lowest BCUT2D eigenvalue weighted by atomic mass is 10.0. The van der Waals surface area contributed by atoms with Gasteiger partial charge in [-0.25, -0.2) is 4.79 Å². The molecule has 1 heterocycles. The van der Waals surface area contributed by atoms with E-state index in [0.29, 0.717) is 13.0 Å². The maximum absolute atomic E-state index is 11.8. The summed E-state index contributed by atoms with van der Waals surface area (Å²) in [6, 6.07) is -0.396. The molecule has 5 nitrogen and oxygen atoms in total. The minimum atomic E-state index is -0.891. The molecular formula is C11H20N2O3. The topological polar surface area (TPSA) is 69.6 Å². The monoisotopic (exact) mass is 228 g/mol. The molecule has 1 saturated heterocycles. The van der Waals surface area contributed by atoms with Gasteiger partial charge in [-0.2, -0.15) is 0 Å². The van der Waals surface area contributed by atoms with Crippen molar-refractivity contribution in [3.8, 4) is 0 Å². The predicted octanol–water partition coefficient (Wildman–Crippen LogP) is 0.450. The van der Waals surface area contributed by atoms with Crippen molar-refractivity contribution in [2.75, 3.05) is 13.1 Å². The Bertz CT molecular complexity index is 266. The first-order valence-corrected chi connectivity index (χ1v) is 5.78. The second kappa shape index (κ2) is 5.84. The van der Waals surface area contributed by atoms with Gasteiger partial charge < -0.3 is 15.3 Å². The van der Waals surface area contributed by atoms with Gasteiger partial charge in [0, 0.05) is 12.6 Å². The van der Waals surface area contributed by atoms with E-state index in [1.807, 2.05) is 13.8 Å². The van der Waals surface area contributed by atoms with E-state index in [1.165, 1.54) is 4.90 Å². The Balaban J connectivity index is 2.54. The van der Waals surface area contributed by atoms with Crippen molar-refractivity contribution >= 4 is 11.9 Å². The van der Waals surface area contributed by atoms with Gasteiger partial charge in [0.25, 0.3) is 0 Å². The third kappa shape index (κ3) is 3.48. The van der Waals surface area contributed by atoms with Gasteiger partial charge in [0.15, 0.2) is 0 Å². The van der Waals surface area contributed by atoms with Crippen LogP contribution < -0.4 is 5.32 Å². The number of likely N-dealkylation sites (tertiary alicyclic amines) is 1. The van der Waals surface area contributed by atoms with Crippen molar-refractivity contribution < 1.29 is 14.7 Å². The summed E-state index contributed by atoms with van der Waals surface area (Å²) in [6.45, 7) is 4.70. The molecule has 0 bridgehead atoms. The Morgan fingerprint density at radius 1 is 1.44 bits per heavy atom. The summed E-state index contributed by atoms with van der Waals surface area (Å²) in [5.41, 5.74) is 0. The van der Waals surface area contributed by atoms with Crippen LogP contribution in [0.2, 0.25) is 0 Å². The van der Waals surface area contributed by atoms with Crippen LogP contribution in [0.15, 0.2) is 0 Å². The number of nitrogens with one attached hydrogen (secondary N) is 1. The highest BCUT2D eigenvalue weighted by Crippen LogP contribution is 2.17. The number of nitrogens with zero attached hydrogens (tertiary/aromatic N) is 1. The van der Waals surface area contributed by atoms with E-state index in [0.717, 1.165) is 12.8 Å². The molecule has 0 radical (unpaired) electrons. The van der Waals surface area contributed by atoms with Crippen molar-refractivity contribution in [3.63, 3.8) is 0 Å². The molecular weight excluding hydrogens is 208 g/mol. The number of aliphatic carboxylic acids is 1. The summed E-state index contributed by atoms with van der Waals surface area (Å²) in [7, 11) is 0. The number of amides is 1. The Kier molecular flexibility index (Phi) is 4.73. The first-order chi connectivity index (χ1) is 7.52. The fraction of sp³-hybridized carbons (Fsp3) is 0.818. The number of hydrogen-bond acceptors (Lipinski definition) is 3. The van der Waals surface area contributed by atoms with E-state index >= 15 is 0 Å². The maximum Gasteiger partial charge on any atom is 0.326 e. The van der Waals surface area contributed by atoms with E-state index < -0.39 is 12.0 Å². The van der Waals surface area contributed by atoms with Gasteiger partial charge in [-0.05, 0) is 19.3 Å². The van der Waals surface area contributed by atoms with Crippen LogP contribution in [0.3, 0.4) is 0 Å².